The fourth-order valence-corrected chi connectivity index (χ4v) is 5.47. The number of carbonyl (C=O) groups is 3. The second-order valence-electron chi connectivity index (χ2n) is 8.67. The SMILES string of the molecule is CCCCN1C(=O)[C@@H]2[C@H](C1=O)[C@@H](C(=O)c1ccccc1)N1c3ccccc3C(C)=C[C@H]21. The number of Topliss-reactive ketones (excluding diaryl/α,β-unsaturated/α-hetero) is 1. The Morgan fingerprint density at radius 2 is 1.61 bits per heavy atom. The molecule has 2 aromatic carbocycles. The van der Waals surface area contributed by atoms with Gasteiger partial charge in [0, 0.05) is 23.4 Å². The molecule has 2 amide bonds. The van der Waals surface area contributed by atoms with Crippen LogP contribution in [0.3, 0.4) is 0 Å². The average molecular weight is 415 g/mol. The maximum absolute atomic E-state index is 13.8. The number of amides is 2. The lowest BCUT2D eigenvalue weighted by molar-refractivity contribution is -0.140. The smallest absolute Gasteiger partial charge is 0.235 e. The van der Waals surface area contributed by atoms with Crippen molar-refractivity contribution in [2.24, 2.45) is 11.8 Å². The second kappa shape index (κ2) is 7.49. The maximum Gasteiger partial charge on any atom is 0.235 e. The molecule has 0 aliphatic carbocycles. The minimum absolute atomic E-state index is 0.0978. The molecular weight excluding hydrogens is 388 g/mol. The largest absolute Gasteiger partial charge is 0.352 e. The molecule has 0 spiro atoms. The molecule has 2 fully saturated rings. The summed E-state index contributed by atoms with van der Waals surface area (Å²) >= 11 is 0. The quantitative estimate of drug-likeness (QED) is 0.549. The van der Waals surface area contributed by atoms with Gasteiger partial charge in [-0.1, -0.05) is 68.0 Å². The molecule has 3 heterocycles. The van der Waals surface area contributed by atoms with Gasteiger partial charge in [0.15, 0.2) is 5.78 Å². The summed E-state index contributed by atoms with van der Waals surface area (Å²) < 4.78 is 0. The van der Waals surface area contributed by atoms with Gasteiger partial charge >= 0.3 is 0 Å². The van der Waals surface area contributed by atoms with E-state index in [2.05, 4.69) is 6.08 Å². The number of para-hydroxylation sites is 1. The summed E-state index contributed by atoms with van der Waals surface area (Å²) in [6, 6.07) is 16.1. The fourth-order valence-electron chi connectivity index (χ4n) is 5.47. The number of fused-ring (bicyclic) bond motifs is 5. The van der Waals surface area contributed by atoms with Crippen molar-refractivity contribution in [2.45, 2.75) is 38.8 Å². The Morgan fingerprint density at radius 1 is 0.935 bits per heavy atom. The number of allylic oxidation sites excluding steroid dienone is 1. The average Bonchev–Trinajstić information content (AvgIpc) is 3.25. The van der Waals surface area contributed by atoms with Crippen molar-refractivity contribution in [1.82, 2.24) is 4.90 Å². The van der Waals surface area contributed by atoms with Crippen molar-refractivity contribution < 1.29 is 14.4 Å². The van der Waals surface area contributed by atoms with E-state index < -0.39 is 17.9 Å². The van der Waals surface area contributed by atoms with Crippen molar-refractivity contribution in [3.05, 3.63) is 71.8 Å². The molecule has 0 aromatic heterocycles. The Kier molecular flexibility index (Phi) is 4.77. The highest BCUT2D eigenvalue weighted by Gasteiger charge is 2.64. The maximum atomic E-state index is 13.8. The van der Waals surface area contributed by atoms with Crippen molar-refractivity contribution >= 4 is 28.9 Å². The van der Waals surface area contributed by atoms with E-state index in [0.29, 0.717) is 12.1 Å². The number of rotatable bonds is 5. The number of anilines is 1. The first-order valence-corrected chi connectivity index (χ1v) is 11.0. The first-order valence-electron chi connectivity index (χ1n) is 11.0. The zero-order valence-corrected chi connectivity index (χ0v) is 17.8. The number of carbonyl (C=O) groups excluding carboxylic acids is 3. The summed E-state index contributed by atoms with van der Waals surface area (Å²) in [5.41, 5.74) is 3.63. The molecule has 5 nitrogen and oxygen atoms in total. The van der Waals surface area contributed by atoms with E-state index in [1.54, 1.807) is 12.1 Å². The molecule has 0 saturated carbocycles. The van der Waals surface area contributed by atoms with Crippen LogP contribution in [-0.2, 0) is 9.59 Å². The Labute approximate surface area is 182 Å². The molecule has 2 aromatic rings. The summed E-state index contributed by atoms with van der Waals surface area (Å²) in [6.07, 6.45) is 3.76. The third-order valence-electron chi connectivity index (χ3n) is 6.91. The van der Waals surface area contributed by atoms with Gasteiger partial charge < -0.3 is 4.90 Å². The lowest BCUT2D eigenvalue weighted by Gasteiger charge is -2.38. The molecular formula is C26H26N2O3. The van der Waals surface area contributed by atoms with E-state index in [4.69, 9.17) is 0 Å². The van der Waals surface area contributed by atoms with Crippen LogP contribution in [0.5, 0.6) is 0 Å². The topological polar surface area (TPSA) is 57.7 Å². The van der Waals surface area contributed by atoms with Gasteiger partial charge in [-0.3, -0.25) is 19.3 Å². The number of unbranched alkanes of at least 4 members (excludes halogenated alkanes) is 1. The highest BCUT2D eigenvalue weighted by Crippen LogP contribution is 2.50. The van der Waals surface area contributed by atoms with Crippen LogP contribution in [0, 0.1) is 11.8 Å². The first kappa shape index (κ1) is 19.7. The van der Waals surface area contributed by atoms with Crippen LogP contribution >= 0.6 is 0 Å². The molecule has 2 saturated heterocycles. The third kappa shape index (κ3) is 2.87. The monoisotopic (exact) mass is 414 g/mol. The van der Waals surface area contributed by atoms with E-state index in [-0.39, 0.29) is 23.6 Å². The van der Waals surface area contributed by atoms with Gasteiger partial charge in [0.05, 0.1) is 17.9 Å². The number of ketones is 1. The predicted octanol–water partition coefficient (Wildman–Crippen LogP) is 3.94. The molecule has 0 N–H and O–H groups in total. The van der Waals surface area contributed by atoms with Crippen molar-refractivity contribution in [3.8, 4) is 0 Å². The number of hydrogen-bond acceptors (Lipinski definition) is 4. The van der Waals surface area contributed by atoms with Gasteiger partial charge in [0.2, 0.25) is 11.8 Å². The normalized spacial score (nSPS) is 26.5. The summed E-state index contributed by atoms with van der Waals surface area (Å²) in [5, 5.41) is 0. The second-order valence-corrected chi connectivity index (χ2v) is 8.67. The van der Waals surface area contributed by atoms with Crippen molar-refractivity contribution in [2.75, 3.05) is 11.4 Å². The number of imide groups is 1. The van der Waals surface area contributed by atoms with Crippen LogP contribution < -0.4 is 4.90 Å². The first-order chi connectivity index (χ1) is 15.0. The van der Waals surface area contributed by atoms with E-state index >= 15 is 0 Å². The molecule has 4 atom stereocenters. The minimum Gasteiger partial charge on any atom is -0.352 e. The number of hydrogen-bond donors (Lipinski definition) is 0. The summed E-state index contributed by atoms with van der Waals surface area (Å²) in [4.78, 5) is 44.1. The Balaban J connectivity index is 1.65. The van der Waals surface area contributed by atoms with E-state index in [1.807, 2.05) is 61.2 Å². The fraction of sp³-hybridized carbons (Fsp3) is 0.346. The molecule has 0 bridgehead atoms. The van der Waals surface area contributed by atoms with Crippen LogP contribution in [0.2, 0.25) is 0 Å². The molecule has 3 aliphatic rings. The highest BCUT2D eigenvalue weighted by atomic mass is 16.2. The van der Waals surface area contributed by atoms with Gasteiger partial charge in [-0.2, -0.15) is 0 Å². The third-order valence-corrected chi connectivity index (χ3v) is 6.91. The summed E-state index contributed by atoms with van der Waals surface area (Å²) in [5.74, 6) is -1.61. The molecule has 0 unspecified atom stereocenters. The van der Waals surface area contributed by atoms with E-state index in [1.165, 1.54) is 4.90 Å². The van der Waals surface area contributed by atoms with Gasteiger partial charge in [-0.25, -0.2) is 0 Å². The lowest BCUT2D eigenvalue weighted by atomic mass is 9.85. The van der Waals surface area contributed by atoms with Gasteiger partial charge in [-0.15, -0.1) is 0 Å². The van der Waals surface area contributed by atoms with Crippen LogP contribution in [-0.4, -0.2) is 41.1 Å². The predicted molar refractivity (Wildman–Crippen MR) is 120 cm³/mol. The number of nitrogens with zero attached hydrogens (tertiary/aromatic N) is 2. The van der Waals surface area contributed by atoms with Crippen LogP contribution in [0.15, 0.2) is 60.7 Å². The van der Waals surface area contributed by atoms with Crippen LogP contribution in [0.1, 0.15) is 42.6 Å². The Bertz CT molecular complexity index is 1090. The van der Waals surface area contributed by atoms with Crippen molar-refractivity contribution in [3.63, 3.8) is 0 Å². The van der Waals surface area contributed by atoms with E-state index in [0.717, 1.165) is 29.7 Å². The van der Waals surface area contributed by atoms with Crippen molar-refractivity contribution in [1.29, 1.82) is 0 Å². The standard InChI is InChI=1S/C26H26N2O3/c1-3-4-14-27-25(30)21-20-15-16(2)18-12-8-9-13-19(18)28(20)23(22(21)26(27)31)24(29)17-10-6-5-7-11-17/h5-13,15,20-23H,3-4,14H2,1-2H3/t20-,21+,22+,23+/m1/s1. The van der Waals surface area contributed by atoms with Gasteiger partial charge in [-0.05, 0) is 25.0 Å². The molecule has 5 rings (SSSR count). The lowest BCUT2D eigenvalue weighted by Crippen LogP contribution is -2.49. The molecule has 158 valence electrons. The summed E-state index contributed by atoms with van der Waals surface area (Å²) in [6.45, 7) is 4.51. The summed E-state index contributed by atoms with van der Waals surface area (Å²) in [7, 11) is 0. The zero-order chi connectivity index (χ0) is 21.7. The number of likely N-dealkylation sites (tertiary alicyclic amines) is 1. The molecule has 5 heteroatoms. The Morgan fingerprint density at radius 3 is 2.35 bits per heavy atom. The Hall–Kier alpha value is -3.21. The number of benzene rings is 2. The van der Waals surface area contributed by atoms with Gasteiger partial charge in [0.25, 0.3) is 0 Å². The highest BCUT2D eigenvalue weighted by molar-refractivity contribution is 6.14. The zero-order valence-electron chi connectivity index (χ0n) is 17.8. The molecule has 31 heavy (non-hydrogen) atoms. The molecule has 0 radical (unpaired) electrons. The molecule has 3 aliphatic heterocycles. The minimum atomic E-state index is -0.689. The van der Waals surface area contributed by atoms with E-state index in [9.17, 15) is 14.4 Å². The van der Waals surface area contributed by atoms with Crippen LogP contribution in [0.4, 0.5) is 5.69 Å². The van der Waals surface area contributed by atoms with Gasteiger partial charge in [0.1, 0.15) is 6.04 Å². The van der Waals surface area contributed by atoms with Crippen LogP contribution in [0.25, 0.3) is 5.57 Å².